The Morgan fingerprint density at radius 3 is 1.50 bits per heavy atom. The van der Waals surface area contributed by atoms with Crippen molar-refractivity contribution < 1.29 is 9.59 Å². The first-order valence-electron chi connectivity index (χ1n) is 6.24. The second-order valence-corrected chi connectivity index (χ2v) is 3.91. The SMILES string of the molecule is CCCCC(=O)NCCNC(=O)CCCC. The van der Waals surface area contributed by atoms with Crippen LogP contribution >= 0.6 is 0 Å². The highest BCUT2D eigenvalue weighted by Crippen LogP contribution is 1.93. The molecule has 0 aliphatic rings. The van der Waals surface area contributed by atoms with Gasteiger partial charge < -0.3 is 10.6 Å². The van der Waals surface area contributed by atoms with Crippen LogP contribution in [0.1, 0.15) is 52.4 Å². The molecule has 0 atom stereocenters. The van der Waals surface area contributed by atoms with Gasteiger partial charge in [-0.05, 0) is 12.8 Å². The number of rotatable bonds is 9. The number of carbonyl (C=O) groups is 2. The molecule has 2 N–H and O–H groups in total. The summed E-state index contributed by atoms with van der Waals surface area (Å²) in [5, 5.41) is 5.55. The van der Waals surface area contributed by atoms with Crippen LogP contribution in [0, 0.1) is 0 Å². The molecule has 16 heavy (non-hydrogen) atoms. The smallest absolute Gasteiger partial charge is 0.220 e. The van der Waals surface area contributed by atoms with Gasteiger partial charge >= 0.3 is 0 Å². The zero-order chi connectivity index (χ0) is 12.2. The molecule has 2 amide bonds. The fraction of sp³-hybridized carbons (Fsp3) is 0.833. The van der Waals surface area contributed by atoms with Crippen molar-refractivity contribution in [1.82, 2.24) is 10.6 Å². The highest BCUT2D eigenvalue weighted by molar-refractivity contribution is 5.77. The standard InChI is InChI=1S/C12H24N2O2/c1-3-5-7-11(15)13-9-10-14-12(16)8-6-4-2/h3-10H2,1-2H3,(H,13,15)(H,14,16). The third-order valence-electron chi connectivity index (χ3n) is 2.28. The van der Waals surface area contributed by atoms with E-state index in [4.69, 9.17) is 0 Å². The molecule has 0 aromatic carbocycles. The molecule has 0 radical (unpaired) electrons. The maximum Gasteiger partial charge on any atom is 0.220 e. The zero-order valence-electron chi connectivity index (χ0n) is 10.5. The summed E-state index contributed by atoms with van der Waals surface area (Å²) < 4.78 is 0. The van der Waals surface area contributed by atoms with Crippen molar-refractivity contribution in [1.29, 1.82) is 0 Å². The Bertz CT molecular complexity index is 183. The Labute approximate surface area is 98.2 Å². The molecular formula is C12H24N2O2. The number of hydrogen-bond donors (Lipinski definition) is 2. The summed E-state index contributed by atoms with van der Waals surface area (Å²) in [6.07, 6.45) is 5.08. The molecule has 0 aliphatic heterocycles. The third-order valence-corrected chi connectivity index (χ3v) is 2.28. The van der Waals surface area contributed by atoms with Crippen molar-refractivity contribution in [3.63, 3.8) is 0 Å². The lowest BCUT2D eigenvalue weighted by Crippen LogP contribution is -2.34. The topological polar surface area (TPSA) is 58.2 Å². The summed E-state index contributed by atoms with van der Waals surface area (Å²) in [7, 11) is 0. The summed E-state index contributed by atoms with van der Waals surface area (Å²) in [5.74, 6) is 0.148. The Morgan fingerprint density at radius 2 is 1.19 bits per heavy atom. The lowest BCUT2D eigenvalue weighted by molar-refractivity contribution is -0.123. The Kier molecular flexibility index (Phi) is 9.76. The van der Waals surface area contributed by atoms with Crippen molar-refractivity contribution in [3.8, 4) is 0 Å². The molecule has 0 aromatic heterocycles. The molecule has 0 fully saturated rings. The maximum absolute atomic E-state index is 11.2. The van der Waals surface area contributed by atoms with Gasteiger partial charge in [0.1, 0.15) is 0 Å². The Balaban J connectivity index is 3.31. The number of nitrogens with one attached hydrogen (secondary N) is 2. The van der Waals surface area contributed by atoms with Gasteiger partial charge in [-0.3, -0.25) is 9.59 Å². The normalized spacial score (nSPS) is 9.88. The van der Waals surface area contributed by atoms with Crippen LogP contribution in [0.15, 0.2) is 0 Å². The van der Waals surface area contributed by atoms with Crippen LogP contribution in [-0.2, 0) is 9.59 Å². The number of amides is 2. The summed E-state index contributed by atoms with van der Waals surface area (Å²) in [6.45, 7) is 5.17. The zero-order valence-corrected chi connectivity index (χ0v) is 10.5. The van der Waals surface area contributed by atoms with Crippen molar-refractivity contribution >= 4 is 11.8 Å². The number of hydrogen-bond acceptors (Lipinski definition) is 2. The molecule has 0 spiro atoms. The summed E-state index contributed by atoms with van der Waals surface area (Å²) >= 11 is 0. The predicted octanol–water partition coefficient (Wildman–Crippen LogP) is 1.60. The fourth-order valence-electron chi connectivity index (χ4n) is 1.26. The van der Waals surface area contributed by atoms with Crippen LogP contribution in [0.4, 0.5) is 0 Å². The van der Waals surface area contributed by atoms with Crippen LogP contribution in [0.25, 0.3) is 0 Å². The molecule has 4 nitrogen and oxygen atoms in total. The quantitative estimate of drug-likeness (QED) is 0.589. The average Bonchev–Trinajstić information content (AvgIpc) is 2.29. The largest absolute Gasteiger partial charge is 0.354 e. The van der Waals surface area contributed by atoms with E-state index in [1.165, 1.54) is 0 Å². The molecule has 0 rings (SSSR count). The fourth-order valence-corrected chi connectivity index (χ4v) is 1.26. The van der Waals surface area contributed by atoms with E-state index in [2.05, 4.69) is 24.5 Å². The minimum Gasteiger partial charge on any atom is -0.354 e. The van der Waals surface area contributed by atoms with Crippen molar-refractivity contribution in [2.75, 3.05) is 13.1 Å². The number of unbranched alkanes of at least 4 members (excludes halogenated alkanes) is 2. The van der Waals surface area contributed by atoms with Gasteiger partial charge in [0.05, 0.1) is 0 Å². The number of carbonyl (C=O) groups excluding carboxylic acids is 2. The van der Waals surface area contributed by atoms with Crippen LogP contribution < -0.4 is 10.6 Å². The van der Waals surface area contributed by atoms with Gasteiger partial charge in [-0.1, -0.05) is 26.7 Å². The molecule has 0 unspecified atom stereocenters. The first-order chi connectivity index (χ1) is 7.70. The molecule has 0 bridgehead atoms. The molecule has 94 valence electrons. The van der Waals surface area contributed by atoms with Crippen LogP contribution in [0.5, 0.6) is 0 Å². The monoisotopic (exact) mass is 228 g/mol. The second-order valence-electron chi connectivity index (χ2n) is 3.91. The van der Waals surface area contributed by atoms with E-state index in [0.29, 0.717) is 25.9 Å². The summed E-state index contributed by atoms with van der Waals surface area (Å²) in [5.41, 5.74) is 0. The van der Waals surface area contributed by atoms with E-state index >= 15 is 0 Å². The van der Waals surface area contributed by atoms with Crippen LogP contribution in [-0.4, -0.2) is 24.9 Å². The van der Waals surface area contributed by atoms with Crippen molar-refractivity contribution in [2.24, 2.45) is 0 Å². The first-order valence-corrected chi connectivity index (χ1v) is 6.24. The van der Waals surface area contributed by atoms with Gasteiger partial charge in [0, 0.05) is 25.9 Å². The van der Waals surface area contributed by atoms with Gasteiger partial charge in [0.15, 0.2) is 0 Å². The van der Waals surface area contributed by atoms with E-state index in [-0.39, 0.29) is 11.8 Å². The lowest BCUT2D eigenvalue weighted by Gasteiger charge is -2.06. The van der Waals surface area contributed by atoms with E-state index < -0.39 is 0 Å². The predicted molar refractivity (Wildman–Crippen MR) is 65.1 cm³/mol. The van der Waals surface area contributed by atoms with E-state index in [0.717, 1.165) is 25.7 Å². The van der Waals surface area contributed by atoms with E-state index in [9.17, 15) is 9.59 Å². The minimum atomic E-state index is 0.0738. The molecule has 0 aliphatic carbocycles. The van der Waals surface area contributed by atoms with E-state index in [1.54, 1.807) is 0 Å². The van der Waals surface area contributed by atoms with Gasteiger partial charge in [-0.25, -0.2) is 0 Å². The molecular weight excluding hydrogens is 204 g/mol. The molecule has 0 aromatic rings. The highest BCUT2D eigenvalue weighted by Gasteiger charge is 2.01. The first kappa shape index (κ1) is 14.9. The van der Waals surface area contributed by atoms with Gasteiger partial charge in [0.2, 0.25) is 11.8 Å². The average molecular weight is 228 g/mol. The maximum atomic E-state index is 11.2. The Hall–Kier alpha value is -1.06. The molecule has 0 saturated carbocycles. The molecule has 0 saturated heterocycles. The van der Waals surface area contributed by atoms with Crippen LogP contribution in [0.2, 0.25) is 0 Å². The minimum absolute atomic E-state index is 0.0738. The summed E-state index contributed by atoms with van der Waals surface area (Å²) in [6, 6.07) is 0. The molecule has 0 heterocycles. The second kappa shape index (κ2) is 10.5. The van der Waals surface area contributed by atoms with Crippen LogP contribution in [0.3, 0.4) is 0 Å². The van der Waals surface area contributed by atoms with Gasteiger partial charge in [0.25, 0.3) is 0 Å². The van der Waals surface area contributed by atoms with Gasteiger partial charge in [-0.2, -0.15) is 0 Å². The molecule has 4 heteroatoms. The van der Waals surface area contributed by atoms with Crippen molar-refractivity contribution in [3.05, 3.63) is 0 Å². The van der Waals surface area contributed by atoms with E-state index in [1.807, 2.05) is 0 Å². The summed E-state index contributed by atoms with van der Waals surface area (Å²) in [4.78, 5) is 22.4. The third kappa shape index (κ3) is 9.49. The Morgan fingerprint density at radius 1 is 0.812 bits per heavy atom. The van der Waals surface area contributed by atoms with Gasteiger partial charge in [-0.15, -0.1) is 0 Å². The van der Waals surface area contributed by atoms with Crippen molar-refractivity contribution in [2.45, 2.75) is 52.4 Å². The highest BCUT2D eigenvalue weighted by atomic mass is 16.2. The lowest BCUT2D eigenvalue weighted by atomic mass is 10.2.